The first-order valence-corrected chi connectivity index (χ1v) is 11.1. The lowest BCUT2D eigenvalue weighted by Gasteiger charge is -2.31. The molecule has 0 spiro atoms. The van der Waals surface area contributed by atoms with E-state index in [0.717, 1.165) is 48.5 Å². The third kappa shape index (κ3) is 5.28. The summed E-state index contributed by atoms with van der Waals surface area (Å²) in [7, 11) is 0. The summed E-state index contributed by atoms with van der Waals surface area (Å²) in [5, 5.41) is 12.8. The van der Waals surface area contributed by atoms with Crippen molar-refractivity contribution in [1.82, 2.24) is 15.1 Å². The van der Waals surface area contributed by atoms with E-state index in [2.05, 4.69) is 58.5 Å². The van der Waals surface area contributed by atoms with Crippen molar-refractivity contribution in [1.29, 1.82) is 0 Å². The van der Waals surface area contributed by atoms with Gasteiger partial charge >= 0.3 is 0 Å². The molecule has 2 aromatic carbocycles. The standard InChI is InChI=1S/C25H32N4O/c1-18(2)9-12-29-13-10-21(11-14-29)23-17-24(28-27-23)26-25(30)16-19-7-8-20-5-3-4-6-22(20)15-19/h3-8,15,17-18,21H,9-14,16H2,1-2H3,(H2,26,27,28,30). The van der Waals surface area contributed by atoms with Gasteiger partial charge in [0.1, 0.15) is 0 Å². The van der Waals surface area contributed by atoms with E-state index in [9.17, 15) is 4.79 Å². The maximum Gasteiger partial charge on any atom is 0.229 e. The molecule has 0 atom stereocenters. The molecule has 3 aromatic rings. The SMILES string of the molecule is CC(C)CCN1CCC(c2cc(NC(=O)Cc3ccc4ccccc4c3)n[nH]2)CC1. The molecule has 1 saturated heterocycles. The zero-order chi connectivity index (χ0) is 20.9. The highest BCUT2D eigenvalue weighted by atomic mass is 16.1. The number of H-pyrrole nitrogens is 1. The first-order chi connectivity index (χ1) is 14.6. The third-order valence-corrected chi connectivity index (χ3v) is 6.09. The van der Waals surface area contributed by atoms with Crippen LogP contribution in [0.1, 0.15) is 50.3 Å². The Balaban J connectivity index is 1.29. The molecule has 4 rings (SSSR count). The molecular weight excluding hydrogens is 372 g/mol. The predicted molar refractivity (Wildman–Crippen MR) is 123 cm³/mol. The minimum absolute atomic E-state index is 0.0353. The van der Waals surface area contributed by atoms with Crippen molar-refractivity contribution in [2.45, 2.75) is 45.4 Å². The minimum Gasteiger partial charge on any atom is -0.309 e. The van der Waals surface area contributed by atoms with Gasteiger partial charge in [0.15, 0.2) is 5.82 Å². The number of aromatic nitrogens is 2. The highest BCUT2D eigenvalue weighted by Crippen LogP contribution is 2.28. The maximum absolute atomic E-state index is 12.5. The molecule has 0 saturated carbocycles. The summed E-state index contributed by atoms with van der Waals surface area (Å²) in [5.41, 5.74) is 2.15. The molecule has 5 heteroatoms. The van der Waals surface area contributed by atoms with Gasteiger partial charge in [-0.3, -0.25) is 9.89 Å². The van der Waals surface area contributed by atoms with Gasteiger partial charge in [-0.1, -0.05) is 56.3 Å². The molecule has 0 bridgehead atoms. The number of anilines is 1. The molecule has 2 heterocycles. The van der Waals surface area contributed by atoms with Crippen molar-refractivity contribution < 1.29 is 4.79 Å². The highest BCUT2D eigenvalue weighted by molar-refractivity contribution is 5.92. The van der Waals surface area contributed by atoms with Gasteiger partial charge in [-0.15, -0.1) is 0 Å². The Morgan fingerprint density at radius 3 is 2.67 bits per heavy atom. The monoisotopic (exact) mass is 404 g/mol. The van der Waals surface area contributed by atoms with Crippen LogP contribution in [0.4, 0.5) is 5.82 Å². The van der Waals surface area contributed by atoms with E-state index >= 15 is 0 Å². The molecule has 0 radical (unpaired) electrons. The van der Waals surface area contributed by atoms with E-state index in [-0.39, 0.29) is 5.91 Å². The highest BCUT2D eigenvalue weighted by Gasteiger charge is 2.22. The number of nitrogens with one attached hydrogen (secondary N) is 2. The summed E-state index contributed by atoms with van der Waals surface area (Å²) in [6.45, 7) is 8.05. The number of carbonyl (C=O) groups excluding carboxylic acids is 1. The van der Waals surface area contributed by atoms with Gasteiger partial charge in [-0.2, -0.15) is 5.10 Å². The van der Waals surface area contributed by atoms with Gasteiger partial charge in [0, 0.05) is 17.7 Å². The molecule has 2 N–H and O–H groups in total. The lowest BCUT2D eigenvalue weighted by atomic mass is 9.93. The van der Waals surface area contributed by atoms with Crippen LogP contribution in [0.5, 0.6) is 0 Å². The Morgan fingerprint density at radius 2 is 1.90 bits per heavy atom. The van der Waals surface area contributed by atoms with Crippen molar-refractivity contribution >= 4 is 22.5 Å². The summed E-state index contributed by atoms with van der Waals surface area (Å²) in [6.07, 6.45) is 3.90. The zero-order valence-corrected chi connectivity index (χ0v) is 18.0. The third-order valence-electron chi connectivity index (χ3n) is 6.09. The van der Waals surface area contributed by atoms with Crippen molar-refractivity contribution in [3.05, 3.63) is 59.8 Å². The van der Waals surface area contributed by atoms with Crippen LogP contribution in [-0.2, 0) is 11.2 Å². The van der Waals surface area contributed by atoms with E-state index in [1.54, 1.807) is 0 Å². The van der Waals surface area contributed by atoms with Crippen LogP contribution < -0.4 is 5.32 Å². The zero-order valence-electron chi connectivity index (χ0n) is 18.0. The largest absolute Gasteiger partial charge is 0.309 e. The lowest BCUT2D eigenvalue weighted by molar-refractivity contribution is -0.115. The van der Waals surface area contributed by atoms with Gasteiger partial charge in [-0.05, 0) is 61.2 Å². The average Bonchev–Trinajstić information content (AvgIpc) is 3.20. The first-order valence-electron chi connectivity index (χ1n) is 11.1. The second-order valence-corrected chi connectivity index (χ2v) is 8.91. The smallest absolute Gasteiger partial charge is 0.229 e. The lowest BCUT2D eigenvalue weighted by Crippen LogP contribution is -2.34. The number of aromatic amines is 1. The fraction of sp³-hybridized carbons (Fsp3) is 0.440. The molecule has 5 nitrogen and oxygen atoms in total. The molecule has 0 aliphatic carbocycles. The van der Waals surface area contributed by atoms with Crippen molar-refractivity contribution in [2.24, 2.45) is 5.92 Å². The number of likely N-dealkylation sites (tertiary alicyclic amines) is 1. The normalized spacial score (nSPS) is 15.7. The predicted octanol–water partition coefficient (Wildman–Crippen LogP) is 4.97. The molecule has 1 aromatic heterocycles. The molecule has 158 valence electrons. The second kappa shape index (κ2) is 9.43. The number of rotatable bonds is 7. The molecular formula is C25H32N4O. The van der Waals surface area contributed by atoms with Crippen molar-refractivity contribution in [3.8, 4) is 0 Å². The van der Waals surface area contributed by atoms with Crippen LogP contribution >= 0.6 is 0 Å². The summed E-state index contributed by atoms with van der Waals surface area (Å²) in [6, 6.07) is 16.4. The summed E-state index contributed by atoms with van der Waals surface area (Å²) in [5.74, 6) is 1.85. The van der Waals surface area contributed by atoms with Gasteiger partial charge in [-0.25, -0.2) is 0 Å². The fourth-order valence-corrected chi connectivity index (χ4v) is 4.24. The molecule has 1 amide bonds. The van der Waals surface area contributed by atoms with Crippen LogP contribution in [0.3, 0.4) is 0 Å². The Kier molecular flexibility index (Phi) is 6.48. The number of fused-ring (bicyclic) bond motifs is 1. The quantitative estimate of drug-likeness (QED) is 0.584. The molecule has 1 fully saturated rings. The Morgan fingerprint density at radius 1 is 1.13 bits per heavy atom. The summed E-state index contributed by atoms with van der Waals surface area (Å²) >= 11 is 0. The van der Waals surface area contributed by atoms with Gasteiger partial charge in [0.2, 0.25) is 5.91 Å². The Bertz CT molecular complexity index is 985. The first kappa shape index (κ1) is 20.6. The van der Waals surface area contributed by atoms with Crippen molar-refractivity contribution in [3.63, 3.8) is 0 Å². The number of hydrogen-bond acceptors (Lipinski definition) is 3. The maximum atomic E-state index is 12.5. The number of piperidine rings is 1. The molecule has 0 unspecified atom stereocenters. The number of amides is 1. The Labute approximate surface area is 178 Å². The minimum atomic E-state index is -0.0353. The molecule has 1 aliphatic heterocycles. The van der Waals surface area contributed by atoms with Crippen LogP contribution in [-0.4, -0.2) is 40.6 Å². The number of benzene rings is 2. The van der Waals surface area contributed by atoms with E-state index < -0.39 is 0 Å². The second-order valence-electron chi connectivity index (χ2n) is 8.91. The fourth-order valence-electron chi connectivity index (χ4n) is 4.24. The van der Waals surface area contributed by atoms with Crippen LogP contribution in [0, 0.1) is 5.92 Å². The van der Waals surface area contributed by atoms with E-state index in [0.29, 0.717) is 18.2 Å². The number of hydrogen-bond donors (Lipinski definition) is 2. The van der Waals surface area contributed by atoms with Gasteiger partial charge < -0.3 is 10.2 Å². The van der Waals surface area contributed by atoms with Gasteiger partial charge in [0.25, 0.3) is 0 Å². The van der Waals surface area contributed by atoms with E-state index in [1.165, 1.54) is 18.4 Å². The number of carbonyl (C=O) groups is 1. The topological polar surface area (TPSA) is 61.0 Å². The van der Waals surface area contributed by atoms with Crippen molar-refractivity contribution in [2.75, 3.05) is 25.0 Å². The number of nitrogens with zero attached hydrogens (tertiary/aromatic N) is 2. The Hall–Kier alpha value is -2.66. The van der Waals surface area contributed by atoms with Crippen LogP contribution in [0.25, 0.3) is 10.8 Å². The summed E-state index contributed by atoms with van der Waals surface area (Å²) in [4.78, 5) is 15.1. The molecule has 1 aliphatic rings. The van der Waals surface area contributed by atoms with Gasteiger partial charge in [0.05, 0.1) is 6.42 Å². The van der Waals surface area contributed by atoms with E-state index in [1.807, 2.05) is 24.3 Å². The van der Waals surface area contributed by atoms with Crippen LogP contribution in [0.15, 0.2) is 48.5 Å². The van der Waals surface area contributed by atoms with E-state index in [4.69, 9.17) is 0 Å². The summed E-state index contributed by atoms with van der Waals surface area (Å²) < 4.78 is 0. The van der Waals surface area contributed by atoms with Crippen LogP contribution in [0.2, 0.25) is 0 Å². The average molecular weight is 405 g/mol. The molecule has 30 heavy (non-hydrogen) atoms.